The molecule has 1 N–H and O–H groups in total. The third-order valence-corrected chi connectivity index (χ3v) is 5.25. The summed E-state index contributed by atoms with van der Waals surface area (Å²) in [6.45, 7) is 2.97. The zero-order valence-electron chi connectivity index (χ0n) is 13.6. The first-order valence-electron chi connectivity index (χ1n) is 8.48. The molecule has 6 heteroatoms. The molecule has 2 aromatic rings. The molecule has 1 aliphatic heterocycles. The maximum atomic E-state index is 12.1. The van der Waals surface area contributed by atoms with Crippen molar-refractivity contribution in [3.63, 3.8) is 0 Å². The second-order valence-corrected chi connectivity index (χ2v) is 7.19. The molecule has 0 radical (unpaired) electrons. The molecule has 23 heavy (non-hydrogen) atoms. The Morgan fingerprint density at radius 1 is 1.39 bits per heavy atom. The summed E-state index contributed by atoms with van der Waals surface area (Å²) in [6.07, 6.45) is 7.00. The first-order chi connectivity index (χ1) is 11.2. The van der Waals surface area contributed by atoms with Crippen molar-refractivity contribution >= 4 is 17.2 Å². The zero-order chi connectivity index (χ0) is 16.1. The zero-order valence-corrected chi connectivity index (χ0v) is 14.4. The fraction of sp³-hybridized carbons (Fsp3) is 0.588. The molecule has 0 fully saturated rings. The lowest BCUT2D eigenvalue weighted by Crippen LogP contribution is -2.28. The van der Waals surface area contributed by atoms with Crippen LogP contribution in [0.1, 0.15) is 61.6 Å². The lowest BCUT2D eigenvalue weighted by molar-refractivity contribution is -0.121. The molecule has 0 bridgehead atoms. The van der Waals surface area contributed by atoms with E-state index < -0.39 is 0 Å². The minimum atomic E-state index is -0.0800. The summed E-state index contributed by atoms with van der Waals surface area (Å²) in [7, 11) is 0. The SMILES string of the molecule is CC(NC(=O)CCCc1cccs1)c1nnc2n1CCCCC2. The Labute approximate surface area is 141 Å². The van der Waals surface area contributed by atoms with Gasteiger partial charge in [-0.3, -0.25) is 4.79 Å². The van der Waals surface area contributed by atoms with Gasteiger partial charge in [-0.1, -0.05) is 12.5 Å². The number of fused-ring (bicyclic) bond motifs is 1. The molecule has 0 aromatic carbocycles. The Morgan fingerprint density at radius 2 is 2.30 bits per heavy atom. The number of aryl methyl sites for hydroxylation is 2. The second kappa shape index (κ2) is 7.73. The number of carbonyl (C=O) groups is 1. The summed E-state index contributed by atoms with van der Waals surface area (Å²) < 4.78 is 2.20. The van der Waals surface area contributed by atoms with Crippen LogP contribution in [0.4, 0.5) is 0 Å². The van der Waals surface area contributed by atoms with E-state index in [-0.39, 0.29) is 11.9 Å². The minimum absolute atomic E-state index is 0.0800. The fourth-order valence-corrected chi connectivity index (χ4v) is 3.84. The average Bonchev–Trinajstić information content (AvgIpc) is 3.12. The quantitative estimate of drug-likeness (QED) is 0.883. The van der Waals surface area contributed by atoms with E-state index in [4.69, 9.17) is 0 Å². The van der Waals surface area contributed by atoms with Crippen LogP contribution in [0.5, 0.6) is 0 Å². The molecule has 0 saturated heterocycles. The molecule has 0 spiro atoms. The van der Waals surface area contributed by atoms with Gasteiger partial charge in [0.15, 0.2) is 5.82 Å². The van der Waals surface area contributed by atoms with Gasteiger partial charge in [0, 0.05) is 24.3 Å². The lowest BCUT2D eigenvalue weighted by Gasteiger charge is -2.15. The van der Waals surface area contributed by atoms with Crippen LogP contribution in [0, 0.1) is 0 Å². The van der Waals surface area contributed by atoms with E-state index >= 15 is 0 Å². The van der Waals surface area contributed by atoms with Crippen LogP contribution in [0.3, 0.4) is 0 Å². The molecule has 3 heterocycles. The molecule has 0 aliphatic carbocycles. The lowest BCUT2D eigenvalue weighted by atomic mass is 10.2. The summed E-state index contributed by atoms with van der Waals surface area (Å²) >= 11 is 1.75. The Kier molecular flexibility index (Phi) is 5.43. The van der Waals surface area contributed by atoms with E-state index in [9.17, 15) is 4.79 Å². The van der Waals surface area contributed by atoms with Crippen LogP contribution in [0.25, 0.3) is 0 Å². The highest BCUT2D eigenvalue weighted by molar-refractivity contribution is 7.09. The van der Waals surface area contributed by atoms with Gasteiger partial charge < -0.3 is 9.88 Å². The molecule has 1 atom stereocenters. The minimum Gasteiger partial charge on any atom is -0.346 e. The monoisotopic (exact) mass is 332 g/mol. The van der Waals surface area contributed by atoms with Gasteiger partial charge in [0.25, 0.3) is 0 Å². The van der Waals surface area contributed by atoms with Gasteiger partial charge in [-0.05, 0) is 44.1 Å². The van der Waals surface area contributed by atoms with Gasteiger partial charge in [0.2, 0.25) is 5.91 Å². The smallest absolute Gasteiger partial charge is 0.220 e. The van der Waals surface area contributed by atoms with Crippen LogP contribution in [0.2, 0.25) is 0 Å². The predicted octanol–water partition coefficient (Wildman–Crippen LogP) is 3.27. The highest BCUT2D eigenvalue weighted by atomic mass is 32.1. The number of thiophene rings is 1. The van der Waals surface area contributed by atoms with Gasteiger partial charge in [-0.2, -0.15) is 0 Å². The largest absolute Gasteiger partial charge is 0.346 e. The molecular formula is C17H24N4OS. The van der Waals surface area contributed by atoms with Crippen LogP contribution in [-0.2, 0) is 24.2 Å². The topological polar surface area (TPSA) is 59.8 Å². The van der Waals surface area contributed by atoms with Crippen molar-refractivity contribution < 1.29 is 4.79 Å². The summed E-state index contributed by atoms with van der Waals surface area (Å²) in [5, 5.41) is 13.8. The Morgan fingerprint density at radius 3 is 3.13 bits per heavy atom. The average molecular weight is 332 g/mol. The molecular weight excluding hydrogens is 308 g/mol. The molecule has 124 valence electrons. The number of amides is 1. The Hall–Kier alpha value is -1.69. The molecule has 1 unspecified atom stereocenters. The van der Waals surface area contributed by atoms with Crippen molar-refractivity contribution in [3.05, 3.63) is 34.0 Å². The van der Waals surface area contributed by atoms with Gasteiger partial charge >= 0.3 is 0 Å². The second-order valence-electron chi connectivity index (χ2n) is 6.16. The van der Waals surface area contributed by atoms with Crippen LogP contribution >= 0.6 is 11.3 Å². The van der Waals surface area contributed by atoms with Crippen molar-refractivity contribution in [2.45, 2.75) is 64.5 Å². The molecule has 0 saturated carbocycles. The molecule has 2 aromatic heterocycles. The van der Waals surface area contributed by atoms with Crippen molar-refractivity contribution in [2.24, 2.45) is 0 Å². The number of hydrogen-bond donors (Lipinski definition) is 1. The molecule has 3 rings (SSSR count). The Balaban J connectivity index is 1.51. The summed E-state index contributed by atoms with van der Waals surface area (Å²) in [5.41, 5.74) is 0. The third-order valence-electron chi connectivity index (χ3n) is 4.31. The van der Waals surface area contributed by atoms with E-state index in [1.165, 1.54) is 24.1 Å². The summed E-state index contributed by atoms with van der Waals surface area (Å²) in [4.78, 5) is 13.5. The maximum Gasteiger partial charge on any atom is 0.220 e. The van der Waals surface area contributed by atoms with E-state index in [0.717, 1.165) is 37.5 Å². The van der Waals surface area contributed by atoms with Crippen LogP contribution in [0.15, 0.2) is 17.5 Å². The highest BCUT2D eigenvalue weighted by Crippen LogP contribution is 2.19. The highest BCUT2D eigenvalue weighted by Gasteiger charge is 2.20. The van der Waals surface area contributed by atoms with Crippen LogP contribution < -0.4 is 5.32 Å². The molecule has 5 nitrogen and oxygen atoms in total. The van der Waals surface area contributed by atoms with Gasteiger partial charge in [-0.15, -0.1) is 21.5 Å². The molecule has 1 amide bonds. The number of nitrogens with one attached hydrogen (secondary N) is 1. The van der Waals surface area contributed by atoms with Crippen molar-refractivity contribution in [1.29, 1.82) is 0 Å². The van der Waals surface area contributed by atoms with E-state index in [2.05, 4.69) is 37.6 Å². The molecule has 1 aliphatic rings. The van der Waals surface area contributed by atoms with Gasteiger partial charge in [-0.25, -0.2) is 0 Å². The number of nitrogens with zero attached hydrogens (tertiary/aromatic N) is 3. The number of rotatable bonds is 6. The number of carbonyl (C=O) groups excluding carboxylic acids is 1. The van der Waals surface area contributed by atoms with E-state index in [1.807, 2.05) is 6.92 Å². The van der Waals surface area contributed by atoms with Gasteiger partial charge in [0.05, 0.1) is 6.04 Å². The number of hydrogen-bond acceptors (Lipinski definition) is 4. The van der Waals surface area contributed by atoms with E-state index in [0.29, 0.717) is 6.42 Å². The van der Waals surface area contributed by atoms with Crippen molar-refractivity contribution in [3.8, 4) is 0 Å². The fourth-order valence-electron chi connectivity index (χ4n) is 3.08. The first-order valence-corrected chi connectivity index (χ1v) is 9.35. The third kappa shape index (κ3) is 4.19. The van der Waals surface area contributed by atoms with Gasteiger partial charge in [0.1, 0.15) is 5.82 Å². The standard InChI is InChI=1S/C17H24N4OS/c1-13(17-20-19-15-9-3-2-4-11-21(15)17)18-16(22)10-5-7-14-8-6-12-23-14/h6,8,12-13H,2-5,7,9-11H2,1H3,(H,18,22). The summed E-state index contributed by atoms with van der Waals surface area (Å²) in [6, 6.07) is 4.10. The first kappa shape index (κ1) is 16.2. The normalized spacial score (nSPS) is 15.7. The maximum absolute atomic E-state index is 12.1. The summed E-state index contributed by atoms with van der Waals surface area (Å²) in [5.74, 6) is 2.06. The van der Waals surface area contributed by atoms with Crippen molar-refractivity contribution in [2.75, 3.05) is 0 Å². The van der Waals surface area contributed by atoms with E-state index in [1.54, 1.807) is 11.3 Å². The van der Waals surface area contributed by atoms with Crippen molar-refractivity contribution in [1.82, 2.24) is 20.1 Å². The number of aromatic nitrogens is 3. The Bertz CT molecular complexity index is 635. The van der Waals surface area contributed by atoms with Crippen LogP contribution in [-0.4, -0.2) is 20.7 Å². The predicted molar refractivity (Wildman–Crippen MR) is 91.4 cm³/mol.